The summed E-state index contributed by atoms with van der Waals surface area (Å²) in [4.78, 5) is 12.1. The van der Waals surface area contributed by atoms with Gasteiger partial charge in [0.25, 0.3) is 5.91 Å². The molecule has 0 aliphatic rings. The molecule has 0 aromatic heterocycles. The Hall–Kier alpha value is -2.29. The number of aryl methyl sites for hydroxylation is 3. The van der Waals surface area contributed by atoms with Crippen LogP contribution in [0.3, 0.4) is 0 Å². The lowest BCUT2D eigenvalue weighted by Crippen LogP contribution is -2.12. The van der Waals surface area contributed by atoms with Crippen molar-refractivity contribution in [3.8, 4) is 5.75 Å². The number of benzene rings is 2. The van der Waals surface area contributed by atoms with Crippen LogP contribution >= 0.6 is 0 Å². The zero-order valence-electron chi connectivity index (χ0n) is 11.3. The molecule has 0 fully saturated rings. The fraction of sp³-hybridized carbons (Fsp3) is 0.188. The van der Waals surface area contributed by atoms with Crippen molar-refractivity contribution < 1.29 is 9.90 Å². The molecule has 0 bridgehead atoms. The zero-order chi connectivity index (χ0) is 14.0. The highest BCUT2D eigenvalue weighted by Gasteiger charge is 2.10. The summed E-state index contributed by atoms with van der Waals surface area (Å²) >= 11 is 0. The van der Waals surface area contributed by atoms with Crippen LogP contribution in [-0.4, -0.2) is 11.0 Å². The molecule has 3 nitrogen and oxygen atoms in total. The number of hydrogen-bond donors (Lipinski definition) is 2. The molecular formula is C16H17NO2. The maximum Gasteiger partial charge on any atom is 0.255 e. The summed E-state index contributed by atoms with van der Waals surface area (Å²) in [7, 11) is 0. The second-order valence-electron chi connectivity index (χ2n) is 4.77. The molecule has 1 amide bonds. The molecule has 0 aliphatic heterocycles. The molecule has 0 spiro atoms. The predicted molar refractivity (Wildman–Crippen MR) is 76.7 cm³/mol. The molecule has 2 N–H and O–H groups in total. The smallest absolute Gasteiger partial charge is 0.255 e. The molecule has 98 valence electrons. The molecule has 2 aromatic carbocycles. The topological polar surface area (TPSA) is 49.3 Å². The summed E-state index contributed by atoms with van der Waals surface area (Å²) in [5.41, 5.74) is 4.13. The molecule has 2 rings (SSSR count). The number of rotatable bonds is 2. The Morgan fingerprint density at radius 3 is 2.21 bits per heavy atom. The summed E-state index contributed by atoms with van der Waals surface area (Å²) < 4.78 is 0. The highest BCUT2D eigenvalue weighted by molar-refractivity contribution is 6.05. The summed E-state index contributed by atoms with van der Waals surface area (Å²) in [5, 5.41) is 12.6. The molecule has 19 heavy (non-hydrogen) atoms. The average molecular weight is 255 g/mol. The minimum absolute atomic E-state index is 0.0866. The van der Waals surface area contributed by atoms with Gasteiger partial charge in [-0.25, -0.2) is 0 Å². The SMILES string of the molecule is Cc1ccc(C(=O)Nc2cc(C)c(C)cc2O)cc1. The van der Waals surface area contributed by atoms with Crippen LogP contribution in [-0.2, 0) is 0 Å². The molecule has 0 atom stereocenters. The van der Waals surface area contributed by atoms with Crippen LogP contribution in [0.5, 0.6) is 5.75 Å². The van der Waals surface area contributed by atoms with E-state index in [9.17, 15) is 9.90 Å². The first-order chi connectivity index (χ1) is 8.97. The number of amides is 1. The normalized spacial score (nSPS) is 10.3. The summed E-state index contributed by atoms with van der Waals surface area (Å²) in [6.07, 6.45) is 0. The molecular weight excluding hydrogens is 238 g/mol. The van der Waals surface area contributed by atoms with Crippen molar-refractivity contribution >= 4 is 11.6 Å². The highest BCUT2D eigenvalue weighted by Crippen LogP contribution is 2.27. The van der Waals surface area contributed by atoms with Crippen molar-refractivity contribution in [2.75, 3.05) is 5.32 Å². The van der Waals surface area contributed by atoms with Crippen LogP contribution in [0, 0.1) is 20.8 Å². The van der Waals surface area contributed by atoms with Crippen molar-refractivity contribution in [2.24, 2.45) is 0 Å². The molecule has 3 heteroatoms. The molecule has 0 heterocycles. The Morgan fingerprint density at radius 1 is 1.00 bits per heavy atom. The monoisotopic (exact) mass is 255 g/mol. The number of hydrogen-bond acceptors (Lipinski definition) is 2. The van der Waals surface area contributed by atoms with Crippen molar-refractivity contribution in [3.63, 3.8) is 0 Å². The van der Waals surface area contributed by atoms with E-state index in [2.05, 4.69) is 5.32 Å². The van der Waals surface area contributed by atoms with E-state index in [1.54, 1.807) is 24.3 Å². The van der Waals surface area contributed by atoms with Crippen LogP contribution in [0.25, 0.3) is 0 Å². The van der Waals surface area contributed by atoms with Gasteiger partial charge in [0.1, 0.15) is 5.75 Å². The van der Waals surface area contributed by atoms with Crippen LogP contribution < -0.4 is 5.32 Å². The Bertz CT molecular complexity index is 615. The lowest BCUT2D eigenvalue weighted by molar-refractivity contribution is 0.102. The van der Waals surface area contributed by atoms with Gasteiger partial charge in [-0.15, -0.1) is 0 Å². The van der Waals surface area contributed by atoms with E-state index in [1.807, 2.05) is 32.9 Å². The third-order valence-electron chi connectivity index (χ3n) is 3.17. The zero-order valence-corrected chi connectivity index (χ0v) is 11.3. The second-order valence-corrected chi connectivity index (χ2v) is 4.77. The van der Waals surface area contributed by atoms with E-state index in [-0.39, 0.29) is 11.7 Å². The van der Waals surface area contributed by atoms with Gasteiger partial charge in [-0.2, -0.15) is 0 Å². The molecule has 0 radical (unpaired) electrons. The van der Waals surface area contributed by atoms with Crippen LogP contribution in [0.15, 0.2) is 36.4 Å². The third kappa shape index (κ3) is 2.94. The largest absolute Gasteiger partial charge is 0.506 e. The molecule has 0 aliphatic carbocycles. The summed E-state index contributed by atoms with van der Waals surface area (Å²) in [6.45, 7) is 5.83. The Morgan fingerprint density at radius 2 is 1.58 bits per heavy atom. The number of nitrogens with one attached hydrogen (secondary N) is 1. The van der Waals surface area contributed by atoms with Crippen molar-refractivity contribution in [3.05, 3.63) is 58.7 Å². The van der Waals surface area contributed by atoms with E-state index >= 15 is 0 Å². The van der Waals surface area contributed by atoms with E-state index < -0.39 is 0 Å². The Kier molecular flexibility index (Phi) is 3.56. The minimum Gasteiger partial charge on any atom is -0.506 e. The summed E-state index contributed by atoms with van der Waals surface area (Å²) in [6, 6.07) is 10.7. The van der Waals surface area contributed by atoms with E-state index in [0.717, 1.165) is 16.7 Å². The van der Waals surface area contributed by atoms with E-state index in [0.29, 0.717) is 11.3 Å². The Labute approximate surface area is 112 Å². The lowest BCUT2D eigenvalue weighted by Gasteiger charge is -2.10. The van der Waals surface area contributed by atoms with Gasteiger partial charge in [0.2, 0.25) is 0 Å². The lowest BCUT2D eigenvalue weighted by atomic mass is 10.1. The number of anilines is 1. The maximum absolute atomic E-state index is 12.1. The minimum atomic E-state index is -0.224. The van der Waals surface area contributed by atoms with Gasteiger partial charge in [-0.3, -0.25) is 4.79 Å². The van der Waals surface area contributed by atoms with Crippen LogP contribution in [0.1, 0.15) is 27.0 Å². The first-order valence-electron chi connectivity index (χ1n) is 6.15. The number of aromatic hydroxyl groups is 1. The molecule has 2 aromatic rings. The Balaban J connectivity index is 2.24. The van der Waals surface area contributed by atoms with Gasteiger partial charge in [0.15, 0.2) is 0 Å². The first-order valence-corrected chi connectivity index (χ1v) is 6.15. The van der Waals surface area contributed by atoms with Gasteiger partial charge in [0.05, 0.1) is 5.69 Å². The number of carbonyl (C=O) groups excluding carboxylic acids is 1. The van der Waals surface area contributed by atoms with Gasteiger partial charge < -0.3 is 10.4 Å². The first kappa shape index (κ1) is 13.1. The fourth-order valence-electron chi connectivity index (χ4n) is 1.80. The second kappa shape index (κ2) is 5.14. The fourth-order valence-corrected chi connectivity index (χ4v) is 1.80. The van der Waals surface area contributed by atoms with Gasteiger partial charge in [-0.1, -0.05) is 17.7 Å². The molecule has 0 saturated heterocycles. The van der Waals surface area contributed by atoms with Crippen LogP contribution in [0.4, 0.5) is 5.69 Å². The molecule has 0 unspecified atom stereocenters. The quantitative estimate of drug-likeness (QED) is 0.806. The van der Waals surface area contributed by atoms with Crippen molar-refractivity contribution in [1.29, 1.82) is 0 Å². The standard InChI is InChI=1S/C16H17NO2/c1-10-4-6-13(7-5-10)16(19)17-14-8-11(2)12(3)9-15(14)18/h4-9,18H,1-3H3,(H,17,19). The predicted octanol–water partition coefficient (Wildman–Crippen LogP) is 3.57. The van der Waals surface area contributed by atoms with Gasteiger partial charge in [0, 0.05) is 5.56 Å². The number of phenolic OH excluding ortho intramolecular Hbond substituents is 1. The highest BCUT2D eigenvalue weighted by atomic mass is 16.3. The maximum atomic E-state index is 12.1. The van der Waals surface area contributed by atoms with E-state index in [4.69, 9.17) is 0 Å². The van der Waals surface area contributed by atoms with Gasteiger partial charge >= 0.3 is 0 Å². The van der Waals surface area contributed by atoms with Crippen molar-refractivity contribution in [1.82, 2.24) is 0 Å². The van der Waals surface area contributed by atoms with Crippen molar-refractivity contribution in [2.45, 2.75) is 20.8 Å². The molecule has 0 saturated carbocycles. The van der Waals surface area contributed by atoms with E-state index in [1.165, 1.54) is 0 Å². The third-order valence-corrected chi connectivity index (χ3v) is 3.17. The number of phenols is 1. The number of carbonyl (C=O) groups is 1. The van der Waals surface area contributed by atoms with Crippen LogP contribution in [0.2, 0.25) is 0 Å². The average Bonchev–Trinajstić information content (AvgIpc) is 2.36. The summed E-state index contributed by atoms with van der Waals surface area (Å²) in [5.74, 6) is -0.137. The van der Waals surface area contributed by atoms with Gasteiger partial charge in [-0.05, 0) is 56.2 Å².